The van der Waals surface area contributed by atoms with Gasteiger partial charge in [-0.1, -0.05) is 12.1 Å². The highest BCUT2D eigenvalue weighted by Gasteiger charge is 2.65. The largest absolute Gasteiger partial charge is 0.595 e. The van der Waals surface area contributed by atoms with E-state index in [0.29, 0.717) is 0 Å². The molecule has 8 heteroatoms. The first-order valence-corrected chi connectivity index (χ1v) is 4.32. The lowest BCUT2D eigenvalue weighted by Crippen LogP contribution is -2.99. The molecule has 5 nitrogen and oxygen atoms in total. The Balaban J connectivity index is 2.38. The van der Waals surface area contributed by atoms with E-state index in [4.69, 9.17) is 5.21 Å². The fraction of sp³-hybridized carbons (Fsp3) is 0.250. The van der Waals surface area contributed by atoms with Gasteiger partial charge in [0.25, 0.3) is 0 Å². The van der Waals surface area contributed by atoms with Crippen molar-refractivity contribution < 1.29 is 23.6 Å². The molecule has 1 heterocycles. The number of benzene rings is 1. The molecule has 1 saturated heterocycles. The molecule has 0 aliphatic carbocycles. The molecular weight excluding hydrogens is 227 g/mol. The van der Waals surface area contributed by atoms with E-state index in [9.17, 15) is 18.4 Å². The number of halogens is 3. The van der Waals surface area contributed by atoms with Gasteiger partial charge in [0.05, 0.1) is 0 Å². The van der Waals surface area contributed by atoms with Crippen LogP contribution in [0.3, 0.4) is 0 Å². The third-order valence-corrected chi connectivity index (χ3v) is 2.34. The van der Waals surface area contributed by atoms with E-state index < -0.39 is 17.1 Å². The molecule has 1 aromatic rings. The molecule has 1 aliphatic heterocycles. The molecule has 16 heavy (non-hydrogen) atoms. The van der Waals surface area contributed by atoms with Gasteiger partial charge < -0.3 is 5.21 Å². The second kappa shape index (κ2) is 3.40. The lowest BCUT2D eigenvalue weighted by Gasteiger charge is -2.18. The Morgan fingerprint density at radius 2 is 1.94 bits per heavy atom. The quantitative estimate of drug-likeness (QED) is 0.426. The normalized spacial score (nSPS) is 20.6. The summed E-state index contributed by atoms with van der Waals surface area (Å²) in [6.07, 6.45) is -4.52. The number of rotatable bonds is 2. The van der Waals surface area contributed by atoms with Crippen molar-refractivity contribution in [2.75, 3.05) is 0 Å². The standard InChI is InChI=1S/C8H8F3N3O2/c9-8(10,11)7(12-13-7)5-2-1-3-6(4-5)14(15)16/h1-4,12-15H. The second-order valence-corrected chi connectivity index (χ2v) is 3.38. The van der Waals surface area contributed by atoms with Gasteiger partial charge in [0.2, 0.25) is 5.66 Å². The van der Waals surface area contributed by atoms with Gasteiger partial charge in [0, 0.05) is 17.7 Å². The van der Waals surface area contributed by atoms with Crippen molar-refractivity contribution in [1.82, 2.24) is 10.9 Å². The van der Waals surface area contributed by atoms with Gasteiger partial charge in [-0.2, -0.15) is 18.4 Å². The van der Waals surface area contributed by atoms with Crippen LogP contribution in [-0.4, -0.2) is 11.4 Å². The zero-order valence-electron chi connectivity index (χ0n) is 7.80. The summed E-state index contributed by atoms with van der Waals surface area (Å²) in [5.41, 5.74) is 1.35. The van der Waals surface area contributed by atoms with Crippen LogP contribution >= 0.6 is 0 Å². The summed E-state index contributed by atoms with van der Waals surface area (Å²) in [6.45, 7) is 0. The Labute approximate surface area is 88.0 Å². The Kier molecular flexibility index (Phi) is 2.40. The Hall–Kier alpha value is -1.19. The van der Waals surface area contributed by atoms with Gasteiger partial charge in [-0.15, -0.1) is 0 Å². The SMILES string of the molecule is [O-][NH+](O)c1cccc(C2(C(F)(F)F)NN2)c1. The van der Waals surface area contributed by atoms with E-state index in [1.54, 1.807) is 0 Å². The molecule has 1 atom stereocenters. The molecule has 4 N–H and O–H groups in total. The van der Waals surface area contributed by atoms with Gasteiger partial charge >= 0.3 is 6.18 Å². The third kappa shape index (κ3) is 1.66. The Morgan fingerprint density at radius 1 is 1.31 bits per heavy atom. The monoisotopic (exact) mass is 235 g/mol. The number of nitrogens with one attached hydrogen (secondary N) is 3. The summed E-state index contributed by atoms with van der Waals surface area (Å²) >= 11 is 0. The van der Waals surface area contributed by atoms with Crippen LogP contribution in [0.4, 0.5) is 18.9 Å². The van der Waals surface area contributed by atoms with Crippen LogP contribution in [0.2, 0.25) is 0 Å². The lowest BCUT2D eigenvalue weighted by atomic mass is 10.0. The molecule has 1 unspecified atom stereocenters. The third-order valence-electron chi connectivity index (χ3n) is 2.34. The molecule has 0 bridgehead atoms. The topological polar surface area (TPSA) is 91.6 Å². The number of quaternary nitrogens is 1. The minimum atomic E-state index is -4.52. The van der Waals surface area contributed by atoms with E-state index in [2.05, 4.69) is 0 Å². The van der Waals surface area contributed by atoms with Crippen molar-refractivity contribution in [3.05, 3.63) is 35.0 Å². The summed E-state index contributed by atoms with van der Waals surface area (Å²) in [5.74, 6) is 0. The molecule has 0 radical (unpaired) electrons. The second-order valence-electron chi connectivity index (χ2n) is 3.38. The zero-order valence-corrected chi connectivity index (χ0v) is 7.80. The van der Waals surface area contributed by atoms with Crippen LogP contribution in [0.1, 0.15) is 5.56 Å². The molecule has 2 rings (SSSR count). The van der Waals surface area contributed by atoms with Crippen molar-refractivity contribution >= 4 is 5.69 Å². The maximum atomic E-state index is 12.6. The first kappa shape index (κ1) is 11.3. The van der Waals surface area contributed by atoms with Crippen LogP contribution in [-0.2, 0) is 5.66 Å². The summed E-state index contributed by atoms with van der Waals surface area (Å²) in [5, 5.41) is 18.0. The fourth-order valence-corrected chi connectivity index (χ4v) is 1.40. The van der Waals surface area contributed by atoms with Crippen molar-refractivity contribution in [1.29, 1.82) is 0 Å². The summed E-state index contributed by atoms with van der Waals surface area (Å²) in [4.78, 5) is 0. The highest BCUT2D eigenvalue weighted by Crippen LogP contribution is 2.42. The predicted octanol–water partition coefficient (Wildman–Crippen LogP) is -0.0871. The van der Waals surface area contributed by atoms with Gasteiger partial charge in [0.1, 0.15) is 0 Å². The average Bonchev–Trinajstić information content (AvgIpc) is 2.97. The Bertz CT molecular complexity index is 404. The van der Waals surface area contributed by atoms with Gasteiger partial charge in [-0.05, 0) is 0 Å². The first-order chi connectivity index (χ1) is 7.37. The van der Waals surface area contributed by atoms with E-state index in [0.717, 1.165) is 6.07 Å². The number of hydrazine groups is 1. The molecule has 0 saturated carbocycles. The average molecular weight is 235 g/mol. The molecule has 1 aliphatic rings. The minimum absolute atomic E-state index is 0.167. The maximum Gasteiger partial charge on any atom is 0.426 e. The summed E-state index contributed by atoms with van der Waals surface area (Å²) in [6, 6.07) is 4.71. The highest BCUT2D eigenvalue weighted by molar-refractivity contribution is 5.40. The summed E-state index contributed by atoms with van der Waals surface area (Å²) < 4.78 is 37.9. The van der Waals surface area contributed by atoms with E-state index in [1.165, 1.54) is 18.2 Å². The maximum absolute atomic E-state index is 12.6. The summed E-state index contributed by atoms with van der Waals surface area (Å²) in [7, 11) is 0. The molecule has 0 aromatic heterocycles. The Morgan fingerprint density at radius 3 is 2.38 bits per heavy atom. The first-order valence-electron chi connectivity index (χ1n) is 4.32. The van der Waals surface area contributed by atoms with Crippen molar-refractivity contribution in [3.8, 4) is 0 Å². The number of alkyl halides is 3. The smallest absolute Gasteiger partial charge is 0.426 e. The fourth-order valence-electron chi connectivity index (χ4n) is 1.40. The van der Waals surface area contributed by atoms with Crippen molar-refractivity contribution in [3.63, 3.8) is 0 Å². The van der Waals surface area contributed by atoms with E-state index in [1.807, 2.05) is 10.9 Å². The molecular formula is C8H8F3N3O2. The van der Waals surface area contributed by atoms with E-state index >= 15 is 0 Å². The van der Waals surface area contributed by atoms with Crippen LogP contribution < -0.4 is 16.1 Å². The zero-order chi connectivity index (χ0) is 12.0. The number of hydrogen-bond acceptors (Lipinski definition) is 4. The van der Waals surface area contributed by atoms with Gasteiger partial charge in [-0.25, -0.2) is 16.1 Å². The molecule has 1 fully saturated rings. The molecule has 0 amide bonds. The molecule has 88 valence electrons. The van der Waals surface area contributed by atoms with Crippen LogP contribution in [0, 0.1) is 5.21 Å². The lowest BCUT2D eigenvalue weighted by molar-refractivity contribution is -0.991. The van der Waals surface area contributed by atoms with Crippen LogP contribution in [0.25, 0.3) is 0 Å². The van der Waals surface area contributed by atoms with Crippen molar-refractivity contribution in [2.45, 2.75) is 11.8 Å². The highest BCUT2D eigenvalue weighted by atomic mass is 19.4. The van der Waals surface area contributed by atoms with Gasteiger partial charge in [0.15, 0.2) is 5.69 Å². The number of hydrogen-bond donors (Lipinski definition) is 4. The van der Waals surface area contributed by atoms with Crippen molar-refractivity contribution in [2.24, 2.45) is 0 Å². The predicted molar refractivity (Wildman–Crippen MR) is 46.2 cm³/mol. The van der Waals surface area contributed by atoms with Crippen LogP contribution in [0.15, 0.2) is 24.3 Å². The van der Waals surface area contributed by atoms with Gasteiger partial charge in [-0.3, -0.25) is 0 Å². The molecule has 0 spiro atoms. The molecule has 1 aromatic carbocycles. The van der Waals surface area contributed by atoms with E-state index in [-0.39, 0.29) is 11.3 Å². The minimum Gasteiger partial charge on any atom is -0.595 e. The van der Waals surface area contributed by atoms with Crippen LogP contribution in [0.5, 0.6) is 0 Å².